The minimum atomic E-state index is -3.38. The number of carbonyl (C=O) groups is 1. The van der Waals surface area contributed by atoms with Gasteiger partial charge < -0.3 is 5.32 Å². The third kappa shape index (κ3) is 7.64. The third-order valence-electron chi connectivity index (χ3n) is 3.92. The van der Waals surface area contributed by atoms with Gasteiger partial charge in [0.25, 0.3) is 0 Å². The number of nitrogens with zero attached hydrogens (tertiary/aromatic N) is 1. The summed E-state index contributed by atoms with van der Waals surface area (Å²) in [7, 11) is -3.38. The molecule has 0 radical (unpaired) electrons. The number of rotatable bonds is 10. The monoisotopic (exact) mass is 406 g/mol. The summed E-state index contributed by atoms with van der Waals surface area (Å²) < 4.78 is 25.5. The Balaban J connectivity index is 1.74. The van der Waals surface area contributed by atoms with E-state index in [1.54, 1.807) is 23.9 Å². The smallest absolute Gasteiger partial charge is 0.232 e. The van der Waals surface area contributed by atoms with Crippen LogP contribution in [0.3, 0.4) is 0 Å². The van der Waals surface area contributed by atoms with Crippen LogP contribution in [0.5, 0.6) is 0 Å². The molecule has 0 atom stereocenters. The van der Waals surface area contributed by atoms with Crippen LogP contribution >= 0.6 is 11.8 Å². The zero-order chi connectivity index (χ0) is 19.7. The van der Waals surface area contributed by atoms with E-state index < -0.39 is 10.0 Å². The van der Waals surface area contributed by atoms with E-state index in [-0.39, 0.29) is 12.5 Å². The zero-order valence-corrected chi connectivity index (χ0v) is 17.4. The highest BCUT2D eigenvalue weighted by Gasteiger charge is 2.17. The minimum absolute atomic E-state index is 0.0546. The van der Waals surface area contributed by atoms with Crippen LogP contribution < -0.4 is 9.62 Å². The van der Waals surface area contributed by atoms with Crippen LogP contribution in [0.25, 0.3) is 0 Å². The largest absolute Gasteiger partial charge is 0.355 e. The standard InChI is InChI=1S/C20H26N2O3S2/c1-17-10-12-18(13-11-17)22(27(2,24)25)15-6-9-20(23)21-14-16-26-19-7-4-3-5-8-19/h3-5,7-8,10-13H,6,9,14-16H2,1-2H3,(H,21,23). The minimum Gasteiger partial charge on any atom is -0.355 e. The second-order valence-electron chi connectivity index (χ2n) is 6.29. The van der Waals surface area contributed by atoms with Crippen molar-refractivity contribution >= 4 is 33.4 Å². The maximum atomic E-state index is 12.1. The average molecular weight is 407 g/mol. The van der Waals surface area contributed by atoms with Gasteiger partial charge in [0.1, 0.15) is 0 Å². The molecule has 0 fully saturated rings. The first-order valence-corrected chi connectivity index (χ1v) is 11.7. The Morgan fingerprint density at radius 3 is 2.37 bits per heavy atom. The lowest BCUT2D eigenvalue weighted by atomic mass is 10.2. The molecule has 0 heterocycles. The Hall–Kier alpha value is -1.99. The van der Waals surface area contributed by atoms with Gasteiger partial charge >= 0.3 is 0 Å². The fourth-order valence-electron chi connectivity index (χ4n) is 2.55. The van der Waals surface area contributed by atoms with E-state index in [1.807, 2.05) is 49.4 Å². The number of nitrogens with one attached hydrogen (secondary N) is 1. The molecule has 0 saturated heterocycles. The van der Waals surface area contributed by atoms with E-state index in [0.717, 1.165) is 11.3 Å². The average Bonchev–Trinajstić information content (AvgIpc) is 2.63. The van der Waals surface area contributed by atoms with Crippen molar-refractivity contribution in [1.82, 2.24) is 5.32 Å². The Bertz CT molecular complexity index is 822. The molecule has 7 heteroatoms. The first kappa shape index (κ1) is 21.3. The second-order valence-corrected chi connectivity index (χ2v) is 9.36. The fraction of sp³-hybridized carbons (Fsp3) is 0.350. The molecule has 0 spiro atoms. The summed E-state index contributed by atoms with van der Waals surface area (Å²) in [6, 6.07) is 17.4. The van der Waals surface area contributed by atoms with Crippen LogP contribution in [-0.4, -0.2) is 39.4 Å². The molecule has 1 N–H and O–H groups in total. The highest BCUT2D eigenvalue weighted by molar-refractivity contribution is 7.99. The lowest BCUT2D eigenvalue weighted by molar-refractivity contribution is -0.121. The van der Waals surface area contributed by atoms with Gasteiger partial charge in [-0.3, -0.25) is 9.10 Å². The van der Waals surface area contributed by atoms with Crippen LogP contribution in [0.4, 0.5) is 5.69 Å². The molecule has 27 heavy (non-hydrogen) atoms. The molecule has 0 aliphatic carbocycles. The van der Waals surface area contributed by atoms with Gasteiger partial charge in [-0.25, -0.2) is 8.42 Å². The Kier molecular flexibility index (Phi) is 8.19. The topological polar surface area (TPSA) is 66.5 Å². The van der Waals surface area contributed by atoms with E-state index >= 15 is 0 Å². The van der Waals surface area contributed by atoms with E-state index in [9.17, 15) is 13.2 Å². The number of hydrogen-bond acceptors (Lipinski definition) is 4. The van der Waals surface area contributed by atoms with Crippen molar-refractivity contribution in [3.8, 4) is 0 Å². The summed E-state index contributed by atoms with van der Waals surface area (Å²) in [4.78, 5) is 13.2. The summed E-state index contributed by atoms with van der Waals surface area (Å²) in [6.45, 7) is 2.83. The number of sulfonamides is 1. The normalized spacial score (nSPS) is 11.2. The molecular formula is C20H26N2O3S2. The van der Waals surface area contributed by atoms with Gasteiger partial charge in [0.05, 0.1) is 11.9 Å². The molecule has 5 nitrogen and oxygen atoms in total. The number of benzene rings is 2. The quantitative estimate of drug-likeness (QED) is 0.485. The van der Waals surface area contributed by atoms with E-state index in [1.165, 1.54) is 15.5 Å². The lowest BCUT2D eigenvalue weighted by Gasteiger charge is -2.22. The zero-order valence-electron chi connectivity index (χ0n) is 15.7. The molecular weight excluding hydrogens is 380 g/mol. The number of hydrogen-bond donors (Lipinski definition) is 1. The van der Waals surface area contributed by atoms with Gasteiger partial charge in [0.2, 0.25) is 15.9 Å². The molecule has 2 aromatic rings. The number of carbonyl (C=O) groups excluding carboxylic acids is 1. The maximum absolute atomic E-state index is 12.1. The molecule has 0 bridgehead atoms. The Labute approximate surface area is 166 Å². The summed E-state index contributed by atoms with van der Waals surface area (Å²) in [5, 5.41) is 2.88. The molecule has 0 aromatic heterocycles. The molecule has 1 amide bonds. The van der Waals surface area contributed by atoms with E-state index in [4.69, 9.17) is 0 Å². The highest BCUT2D eigenvalue weighted by Crippen LogP contribution is 2.19. The van der Waals surface area contributed by atoms with Crippen LogP contribution in [0.1, 0.15) is 18.4 Å². The highest BCUT2D eigenvalue weighted by atomic mass is 32.2. The predicted molar refractivity (Wildman–Crippen MR) is 113 cm³/mol. The van der Waals surface area contributed by atoms with Crippen LogP contribution in [0, 0.1) is 6.92 Å². The molecule has 2 rings (SSSR count). The van der Waals surface area contributed by atoms with Gasteiger partial charge in [-0.2, -0.15) is 0 Å². The number of thioether (sulfide) groups is 1. The number of anilines is 1. The van der Waals surface area contributed by atoms with E-state index in [0.29, 0.717) is 25.1 Å². The molecule has 0 saturated carbocycles. The Morgan fingerprint density at radius 2 is 1.74 bits per heavy atom. The van der Waals surface area contributed by atoms with Crippen molar-refractivity contribution in [2.45, 2.75) is 24.7 Å². The van der Waals surface area contributed by atoms with Gasteiger partial charge in [-0.05, 0) is 37.6 Å². The molecule has 0 unspecified atom stereocenters. The maximum Gasteiger partial charge on any atom is 0.232 e. The summed E-state index contributed by atoms with van der Waals surface area (Å²) >= 11 is 1.69. The van der Waals surface area contributed by atoms with Crippen molar-refractivity contribution in [2.75, 3.05) is 29.4 Å². The van der Waals surface area contributed by atoms with Crippen molar-refractivity contribution in [1.29, 1.82) is 0 Å². The molecule has 2 aromatic carbocycles. The van der Waals surface area contributed by atoms with Crippen LogP contribution in [0.2, 0.25) is 0 Å². The van der Waals surface area contributed by atoms with Crippen LogP contribution in [-0.2, 0) is 14.8 Å². The van der Waals surface area contributed by atoms with Crippen molar-refractivity contribution < 1.29 is 13.2 Å². The SMILES string of the molecule is Cc1ccc(N(CCCC(=O)NCCSc2ccccc2)S(C)(=O)=O)cc1. The fourth-order valence-corrected chi connectivity index (χ4v) is 4.30. The van der Waals surface area contributed by atoms with Crippen molar-refractivity contribution in [3.63, 3.8) is 0 Å². The van der Waals surface area contributed by atoms with Crippen molar-refractivity contribution in [2.24, 2.45) is 0 Å². The third-order valence-corrected chi connectivity index (χ3v) is 6.13. The number of aryl methyl sites for hydroxylation is 1. The van der Waals surface area contributed by atoms with E-state index in [2.05, 4.69) is 5.32 Å². The number of amides is 1. The predicted octanol–water partition coefficient (Wildman–Crippen LogP) is 3.45. The lowest BCUT2D eigenvalue weighted by Crippen LogP contribution is -2.32. The first-order chi connectivity index (χ1) is 12.9. The van der Waals surface area contributed by atoms with Crippen molar-refractivity contribution in [3.05, 3.63) is 60.2 Å². The summed E-state index contributed by atoms with van der Waals surface area (Å²) in [5.41, 5.74) is 1.70. The van der Waals surface area contributed by atoms with Gasteiger partial charge in [-0.1, -0.05) is 35.9 Å². The van der Waals surface area contributed by atoms with Crippen LogP contribution in [0.15, 0.2) is 59.5 Å². The second kappa shape index (κ2) is 10.4. The van der Waals surface area contributed by atoms with Gasteiger partial charge in [0.15, 0.2) is 0 Å². The summed E-state index contributed by atoms with van der Waals surface area (Å²) in [6.07, 6.45) is 1.96. The van der Waals surface area contributed by atoms with Gasteiger partial charge in [-0.15, -0.1) is 11.8 Å². The van der Waals surface area contributed by atoms with Gasteiger partial charge in [0, 0.05) is 30.2 Å². The molecule has 146 valence electrons. The first-order valence-electron chi connectivity index (χ1n) is 8.85. The Morgan fingerprint density at radius 1 is 1.07 bits per heavy atom. The molecule has 0 aliphatic rings. The summed E-state index contributed by atoms with van der Waals surface area (Å²) in [5.74, 6) is 0.746. The molecule has 0 aliphatic heterocycles.